The lowest BCUT2D eigenvalue weighted by molar-refractivity contribution is -0.129. The van der Waals surface area contributed by atoms with Crippen molar-refractivity contribution < 1.29 is 19.2 Å². The summed E-state index contributed by atoms with van der Waals surface area (Å²) in [7, 11) is 0. The first-order valence-electron chi connectivity index (χ1n) is 11.2. The van der Waals surface area contributed by atoms with Crippen LogP contribution < -0.4 is 5.32 Å². The first kappa shape index (κ1) is 19.0. The molecule has 5 aliphatic carbocycles. The molecule has 0 spiro atoms. The van der Waals surface area contributed by atoms with E-state index < -0.39 is 11.6 Å². The minimum atomic E-state index is -0.602. The van der Waals surface area contributed by atoms with Crippen LogP contribution in [0.15, 0.2) is 16.8 Å². The van der Waals surface area contributed by atoms with Crippen molar-refractivity contribution in [2.24, 2.45) is 17.8 Å². The monoisotopic (exact) mass is 422 g/mol. The molecular formula is C23H26N4O4. The van der Waals surface area contributed by atoms with E-state index in [2.05, 4.69) is 32.6 Å². The zero-order valence-electron chi connectivity index (χ0n) is 17.5. The molecular weight excluding hydrogens is 396 g/mol. The van der Waals surface area contributed by atoms with Crippen molar-refractivity contribution in [3.05, 3.63) is 29.4 Å². The SMILES string of the molecule is CCOC(=O)c1noc(-c2cnc3c(c2NC2[C@@H]4CC5C[C@H]2CC(O)(C5)C4)C=CC3)n1. The molecule has 2 heterocycles. The normalized spacial score (nSPS) is 32.3. The number of aromatic nitrogens is 3. The molecule has 5 atom stereocenters. The van der Waals surface area contributed by atoms with E-state index >= 15 is 0 Å². The molecule has 0 aliphatic heterocycles. The van der Waals surface area contributed by atoms with Crippen molar-refractivity contribution >= 4 is 17.7 Å². The van der Waals surface area contributed by atoms with Crippen LogP contribution in [-0.4, -0.2) is 44.5 Å². The average Bonchev–Trinajstić information content (AvgIpc) is 3.39. The molecule has 0 amide bonds. The Morgan fingerprint density at radius 2 is 2.13 bits per heavy atom. The Morgan fingerprint density at radius 1 is 1.32 bits per heavy atom. The fraction of sp³-hybridized carbons (Fsp3) is 0.565. The van der Waals surface area contributed by atoms with E-state index in [-0.39, 0.29) is 18.3 Å². The van der Waals surface area contributed by atoms with Crippen molar-refractivity contribution in [1.29, 1.82) is 0 Å². The minimum Gasteiger partial charge on any atom is -0.460 e. The van der Waals surface area contributed by atoms with Crippen LogP contribution in [0.25, 0.3) is 17.5 Å². The third-order valence-corrected chi connectivity index (χ3v) is 7.46. The maximum atomic E-state index is 12.0. The number of carbonyl (C=O) groups excluding carboxylic acids is 1. The average molecular weight is 422 g/mol. The van der Waals surface area contributed by atoms with E-state index in [0.717, 1.165) is 42.6 Å². The van der Waals surface area contributed by atoms with Crippen LogP contribution in [0.3, 0.4) is 0 Å². The summed E-state index contributed by atoms with van der Waals surface area (Å²) < 4.78 is 10.4. The number of rotatable bonds is 5. The van der Waals surface area contributed by atoms with Gasteiger partial charge < -0.3 is 19.7 Å². The molecule has 0 aromatic carbocycles. The van der Waals surface area contributed by atoms with E-state index in [4.69, 9.17) is 9.26 Å². The second-order valence-electron chi connectivity index (χ2n) is 9.52. The van der Waals surface area contributed by atoms with Crippen LogP contribution >= 0.6 is 0 Å². The third-order valence-electron chi connectivity index (χ3n) is 7.46. The summed E-state index contributed by atoms with van der Waals surface area (Å²) in [6.07, 6.45) is 11.8. The number of carbonyl (C=O) groups is 1. The van der Waals surface area contributed by atoms with Crippen molar-refractivity contribution in [1.82, 2.24) is 15.1 Å². The minimum absolute atomic E-state index is 0.0873. The maximum Gasteiger partial charge on any atom is 0.379 e. The van der Waals surface area contributed by atoms with Gasteiger partial charge >= 0.3 is 5.97 Å². The van der Waals surface area contributed by atoms with Crippen molar-refractivity contribution in [3.8, 4) is 11.5 Å². The lowest BCUT2D eigenvalue weighted by atomic mass is 9.52. The van der Waals surface area contributed by atoms with Crippen LogP contribution in [-0.2, 0) is 11.2 Å². The number of nitrogens with zero attached hydrogens (tertiary/aromatic N) is 3. The summed E-state index contributed by atoms with van der Waals surface area (Å²) in [6.45, 7) is 1.98. The molecule has 4 fully saturated rings. The van der Waals surface area contributed by atoms with Crippen molar-refractivity contribution in [2.45, 2.75) is 57.1 Å². The van der Waals surface area contributed by atoms with Gasteiger partial charge in [-0.15, -0.1) is 0 Å². The number of ether oxygens (including phenoxy) is 1. The van der Waals surface area contributed by atoms with Crippen LogP contribution in [0.5, 0.6) is 0 Å². The highest BCUT2D eigenvalue weighted by Gasteiger charge is 2.54. The summed E-state index contributed by atoms with van der Waals surface area (Å²) in [5.74, 6) is 1.12. The summed E-state index contributed by atoms with van der Waals surface area (Å²) in [5, 5.41) is 18.6. The van der Waals surface area contributed by atoms with Gasteiger partial charge in [-0.05, 0) is 61.9 Å². The van der Waals surface area contributed by atoms with Gasteiger partial charge in [-0.2, -0.15) is 4.98 Å². The Labute approximate surface area is 180 Å². The lowest BCUT2D eigenvalue weighted by Crippen LogP contribution is -2.59. The fourth-order valence-corrected chi connectivity index (χ4v) is 6.51. The first-order valence-corrected chi connectivity index (χ1v) is 11.2. The van der Waals surface area contributed by atoms with Gasteiger partial charge in [0.25, 0.3) is 11.7 Å². The Kier molecular flexibility index (Phi) is 4.21. The highest BCUT2D eigenvalue weighted by molar-refractivity contribution is 5.87. The number of pyridine rings is 1. The predicted molar refractivity (Wildman–Crippen MR) is 112 cm³/mol. The van der Waals surface area contributed by atoms with Gasteiger partial charge in [0.2, 0.25) is 0 Å². The number of aliphatic hydroxyl groups is 1. The largest absolute Gasteiger partial charge is 0.460 e. The van der Waals surface area contributed by atoms with Gasteiger partial charge in [-0.1, -0.05) is 12.2 Å². The standard InChI is InChI=1S/C23H26N4O4/c1-2-30-22(28)20-26-21(31-27-20)16-11-24-17-5-3-4-15(17)19(16)25-18-13-6-12-7-14(18)10-23(29,8-12)9-13/h3-4,11-14,18,29H,2,5-10H2,1H3,(H,24,25)/t12?,13-,14+,18?,23?. The Balaban J connectivity index is 1.36. The van der Waals surface area contributed by atoms with Gasteiger partial charge in [0, 0.05) is 24.2 Å². The topological polar surface area (TPSA) is 110 Å². The summed E-state index contributed by atoms with van der Waals surface area (Å²) in [6, 6.07) is 0.295. The van der Waals surface area contributed by atoms with Crippen molar-refractivity contribution in [2.75, 3.05) is 11.9 Å². The molecule has 162 valence electrons. The smallest absolute Gasteiger partial charge is 0.379 e. The van der Waals surface area contributed by atoms with Gasteiger partial charge in [-0.3, -0.25) is 4.98 Å². The Hall–Kier alpha value is -2.74. The quantitative estimate of drug-likeness (QED) is 0.707. The molecule has 0 radical (unpaired) electrons. The fourth-order valence-electron chi connectivity index (χ4n) is 6.51. The molecule has 2 aromatic rings. The third kappa shape index (κ3) is 3.07. The summed E-state index contributed by atoms with van der Waals surface area (Å²) in [5.41, 5.74) is 3.21. The lowest BCUT2D eigenvalue weighted by Gasteiger charge is -2.58. The van der Waals surface area contributed by atoms with E-state index in [9.17, 15) is 9.90 Å². The molecule has 4 bridgehead atoms. The van der Waals surface area contributed by atoms with Crippen molar-refractivity contribution in [3.63, 3.8) is 0 Å². The molecule has 5 aliphatic rings. The zero-order valence-corrected chi connectivity index (χ0v) is 17.5. The number of hydrogen-bond acceptors (Lipinski definition) is 8. The number of esters is 1. The van der Waals surface area contributed by atoms with Crippen LogP contribution in [0.4, 0.5) is 5.69 Å². The first-order chi connectivity index (χ1) is 15.0. The molecule has 2 aromatic heterocycles. The maximum absolute atomic E-state index is 12.0. The van der Waals surface area contributed by atoms with E-state index in [0.29, 0.717) is 29.4 Å². The van der Waals surface area contributed by atoms with Crippen LogP contribution in [0.1, 0.15) is 60.9 Å². The second-order valence-corrected chi connectivity index (χ2v) is 9.52. The second kappa shape index (κ2) is 6.88. The molecule has 0 saturated heterocycles. The van der Waals surface area contributed by atoms with E-state index in [1.54, 1.807) is 13.1 Å². The van der Waals surface area contributed by atoms with Crippen LogP contribution in [0.2, 0.25) is 0 Å². The molecule has 2 N–H and O–H groups in total. The molecule has 31 heavy (non-hydrogen) atoms. The van der Waals surface area contributed by atoms with E-state index in [1.807, 2.05) is 0 Å². The molecule has 4 saturated carbocycles. The van der Waals surface area contributed by atoms with Gasteiger partial charge in [0.05, 0.1) is 29.2 Å². The number of fused-ring (bicyclic) bond motifs is 1. The summed E-state index contributed by atoms with van der Waals surface area (Å²) in [4.78, 5) is 20.9. The van der Waals surface area contributed by atoms with Gasteiger partial charge in [0.1, 0.15) is 0 Å². The highest BCUT2D eigenvalue weighted by Crippen LogP contribution is 2.56. The molecule has 7 rings (SSSR count). The van der Waals surface area contributed by atoms with Gasteiger partial charge in [-0.25, -0.2) is 4.79 Å². The number of nitrogens with one attached hydrogen (secondary N) is 1. The molecule has 8 nitrogen and oxygen atoms in total. The number of hydrogen-bond donors (Lipinski definition) is 2. The molecule has 8 heteroatoms. The van der Waals surface area contributed by atoms with Gasteiger partial charge in [0.15, 0.2) is 0 Å². The highest BCUT2D eigenvalue weighted by atomic mass is 16.5. The number of allylic oxidation sites excluding steroid dienone is 1. The van der Waals surface area contributed by atoms with Crippen LogP contribution in [0, 0.1) is 17.8 Å². The predicted octanol–water partition coefficient (Wildman–Crippen LogP) is 3.23. The summed E-state index contributed by atoms with van der Waals surface area (Å²) >= 11 is 0. The number of anilines is 1. The Morgan fingerprint density at radius 3 is 2.87 bits per heavy atom. The van der Waals surface area contributed by atoms with E-state index in [1.165, 1.54) is 12.8 Å². The Bertz CT molecular complexity index is 1060. The zero-order chi connectivity index (χ0) is 21.2. The molecule has 3 unspecified atom stereocenters.